The number of aromatic nitrogens is 2. The molecular weight excluding hydrogens is 238 g/mol. The Balaban J connectivity index is 2.30. The van der Waals surface area contributed by atoms with E-state index >= 15 is 0 Å². The first-order valence-corrected chi connectivity index (χ1v) is 5.79. The number of hydrogen-bond donors (Lipinski definition) is 2. The lowest BCUT2D eigenvalue weighted by atomic mass is 10.1. The molecule has 1 heterocycles. The second kappa shape index (κ2) is 5.21. The van der Waals surface area contributed by atoms with Gasteiger partial charge in [0.05, 0.1) is 17.3 Å². The number of nitrogens with two attached hydrogens (primary N) is 1. The highest BCUT2D eigenvalue weighted by atomic mass is 35.5. The van der Waals surface area contributed by atoms with E-state index in [0.717, 1.165) is 17.0 Å². The van der Waals surface area contributed by atoms with Crippen molar-refractivity contribution in [2.75, 3.05) is 6.61 Å². The summed E-state index contributed by atoms with van der Waals surface area (Å²) in [6, 6.07) is 7.51. The Kier molecular flexibility index (Phi) is 3.66. The maximum absolute atomic E-state index is 6.11. The van der Waals surface area contributed by atoms with Crippen molar-refractivity contribution in [3.8, 4) is 17.0 Å². The lowest BCUT2D eigenvalue weighted by Crippen LogP contribution is -1.95. The maximum Gasteiger partial charge on any atom is 0.137 e. The van der Waals surface area contributed by atoms with Crippen molar-refractivity contribution in [3.63, 3.8) is 0 Å². The summed E-state index contributed by atoms with van der Waals surface area (Å²) in [5.41, 5.74) is 8.18. The summed E-state index contributed by atoms with van der Waals surface area (Å²) in [7, 11) is 0. The van der Waals surface area contributed by atoms with Crippen molar-refractivity contribution in [1.29, 1.82) is 0 Å². The van der Waals surface area contributed by atoms with Gasteiger partial charge in [-0.3, -0.25) is 5.10 Å². The van der Waals surface area contributed by atoms with Gasteiger partial charge in [0.15, 0.2) is 0 Å². The molecule has 17 heavy (non-hydrogen) atoms. The van der Waals surface area contributed by atoms with E-state index in [2.05, 4.69) is 10.2 Å². The monoisotopic (exact) mass is 251 g/mol. The zero-order valence-corrected chi connectivity index (χ0v) is 10.3. The average Bonchev–Trinajstić information content (AvgIpc) is 2.80. The second-order valence-corrected chi connectivity index (χ2v) is 3.97. The van der Waals surface area contributed by atoms with E-state index in [4.69, 9.17) is 22.1 Å². The van der Waals surface area contributed by atoms with E-state index in [1.165, 1.54) is 0 Å². The van der Waals surface area contributed by atoms with Gasteiger partial charge in [-0.05, 0) is 31.2 Å². The third kappa shape index (κ3) is 2.60. The largest absolute Gasteiger partial charge is 0.492 e. The second-order valence-electron chi connectivity index (χ2n) is 3.56. The number of halogens is 1. The number of hydrogen-bond acceptors (Lipinski definition) is 3. The zero-order valence-electron chi connectivity index (χ0n) is 9.53. The Morgan fingerprint density at radius 3 is 2.82 bits per heavy atom. The van der Waals surface area contributed by atoms with Gasteiger partial charge in [0.1, 0.15) is 5.75 Å². The first-order valence-electron chi connectivity index (χ1n) is 5.41. The minimum absolute atomic E-state index is 0.442. The molecule has 0 saturated heterocycles. The lowest BCUT2D eigenvalue weighted by molar-refractivity contribution is 0.340. The molecule has 0 aliphatic heterocycles. The van der Waals surface area contributed by atoms with Crippen LogP contribution in [-0.2, 0) is 6.54 Å². The van der Waals surface area contributed by atoms with Crippen LogP contribution in [0.15, 0.2) is 24.3 Å². The number of rotatable bonds is 4. The molecule has 0 amide bonds. The summed E-state index contributed by atoms with van der Waals surface area (Å²) in [5.74, 6) is 0.688. The molecule has 5 heteroatoms. The fourth-order valence-corrected chi connectivity index (χ4v) is 1.78. The zero-order chi connectivity index (χ0) is 12.3. The fourth-order valence-electron chi connectivity index (χ4n) is 1.55. The number of nitrogens with one attached hydrogen (secondary N) is 1. The van der Waals surface area contributed by atoms with Gasteiger partial charge in [-0.25, -0.2) is 0 Å². The number of benzene rings is 1. The smallest absolute Gasteiger partial charge is 0.137 e. The van der Waals surface area contributed by atoms with Gasteiger partial charge in [-0.1, -0.05) is 11.6 Å². The third-order valence-corrected chi connectivity index (χ3v) is 2.67. The highest BCUT2D eigenvalue weighted by Gasteiger charge is 2.07. The first-order chi connectivity index (χ1) is 8.24. The SMILES string of the molecule is CCOc1ccc(-c2cc(CN)[nH]n2)cc1Cl. The van der Waals surface area contributed by atoms with Crippen LogP contribution in [0.2, 0.25) is 5.02 Å². The molecule has 0 unspecified atom stereocenters. The molecule has 4 nitrogen and oxygen atoms in total. The van der Waals surface area contributed by atoms with Crippen LogP contribution in [0.25, 0.3) is 11.3 Å². The van der Waals surface area contributed by atoms with E-state index in [0.29, 0.717) is 23.9 Å². The van der Waals surface area contributed by atoms with Gasteiger partial charge in [0.25, 0.3) is 0 Å². The van der Waals surface area contributed by atoms with Gasteiger partial charge in [0.2, 0.25) is 0 Å². The summed E-state index contributed by atoms with van der Waals surface area (Å²) in [5, 5.41) is 7.62. The Morgan fingerprint density at radius 1 is 1.41 bits per heavy atom. The topological polar surface area (TPSA) is 63.9 Å². The molecule has 0 aliphatic carbocycles. The molecule has 1 aromatic heterocycles. The Labute approximate surface area is 105 Å². The van der Waals surface area contributed by atoms with Crippen molar-refractivity contribution in [2.45, 2.75) is 13.5 Å². The Morgan fingerprint density at radius 2 is 2.24 bits per heavy atom. The highest BCUT2D eigenvalue weighted by molar-refractivity contribution is 6.32. The van der Waals surface area contributed by atoms with Crippen LogP contribution in [0.3, 0.4) is 0 Å². The molecule has 0 bridgehead atoms. The van der Waals surface area contributed by atoms with Gasteiger partial charge in [-0.15, -0.1) is 0 Å². The van der Waals surface area contributed by atoms with Crippen molar-refractivity contribution < 1.29 is 4.74 Å². The fraction of sp³-hybridized carbons (Fsp3) is 0.250. The highest BCUT2D eigenvalue weighted by Crippen LogP contribution is 2.29. The lowest BCUT2D eigenvalue weighted by Gasteiger charge is -2.06. The van der Waals surface area contributed by atoms with Crippen molar-refractivity contribution >= 4 is 11.6 Å². The number of nitrogens with zero attached hydrogens (tertiary/aromatic N) is 1. The van der Waals surface area contributed by atoms with E-state index in [-0.39, 0.29) is 0 Å². The molecule has 2 rings (SSSR count). The molecule has 0 spiro atoms. The van der Waals surface area contributed by atoms with Crippen LogP contribution in [0.5, 0.6) is 5.75 Å². The molecule has 0 fully saturated rings. The summed E-state index contributed by atoms with van der Waals surface area (Å²) >= 11 is 6.11. The molecule has 0 saturated carbocycles. The molecule has 3 N–H and O–H groups in total. The summed E-state index contributed by atoms with van der Waals surface area (Å²) in [6.07, 6.45) is 0. The van der Waals surface area contributed by atoms with E-state index in [1.807, 2.05) is 31.2 Å². The molecular formula is C12H14ClN3O. The molecule has 1 aromatic carbocycles. The van der Waals surface area contributed by atoms with Crippen LogP contribution >= 0.6 is 11.6 Å². The van der Waals surface area contributed by atoms with Crippen molar-refractivity contribution in [3.05, 3.63) is 35.0 Å². The molecule has 0 radical (unpaired) electrons. The average molecular weight is 252 g/mol. The predicted molar refractivity (Wildman–Crippen MR) is 68.1 cm³/mol. The third-order valence-electron chi connectivity index (χ3n) is 2.38. The maximum atomic E-state index is 6.11. The van der Waals surface area contributed by atoms with Crippen LogP contribution in [0.4, 0.5) is 0 Å². The van der Waals surface area contributed by atoms with Crippen molar-refractivity contribution in [1.82, 2.24) is 10.2 Å². The quantitative estimate of drug-likeness (QED) is 0.878. The number of aromatic amines is 1. The molecule has 0 aliphatic rings. The van der Waals surface area contributed by atoms with E-state index in [1.54, 1.807) is 0 Å². The van der Waals surface area contributed by atoms with Crippen LogP contribution in [0.1, 0.15) is 12.6 Å². The van der Waals surface area contributed by atoms with Gasteiger partial charge >= 0.3 is 0 Å². The predicted octanol–water partition coefficient (Wildman–Crippen LogP) is 2.59. The molecule has 2 aromatic rings. The van der Waals surface area contributed by atoms with E-state index in [9.17, 15) is 0 Å². The van der Waals surface area contributed by atoms with Gasteiger partial charge < -0.3 is 10.5 Å². The van der Waals surface area contributed by atoms with E-state index < -0.39 is 0 Å². The summed E-state index contributed by atoms with van der Waals surface area (Å²) in [6.45, 7) is 2.96. The number of H-pyrrole nitrogens is 1. The first kappa shape index (κ1) is 12.0. The van der Waals surface area contributed by atoms with Crippen LogP contribution < -0.4 is 10.5 Å². The number of ether oxygens (including phenoxy) is 1. The van der Waals surface area contributed by atoms with Gasteiger partial charge in [0, 0.05) is 17.8 Å². The molecule has 90 valence electrons. The van der Waals surface area contributed by atoms with Gasteiger partial charge in [-0.2, -0.15) is 5.10 Å². The Hall–Kier alpha value is -1.52. The standard InChI is InChI=1S/C12H14ClN3O/c1-2-17-12-4-3-8(5-10(12)13)11-6-9(7-14)15-16-11/h3-6H,2,7,14H2,1H3,(H,15,16). The minimum atomic E-state index is 0.442. The minimum Gasteiger partial charge on any atom is -0.492 e. The summed E-state index contributed by atoms with van der Waals surface area (Å²) < 4.78 is 5.37. The van der Waals surface area contributed by atoms with Crippen LogP contribution in [-0.4, -0.2) is 16.8 Å². The normalized spacial score (nSPS) is 10.5. The van der Waals surface area contributed by atoms with Crippen molar-refractivity contribution in [2.24, 2.45) is 5.73 Å². The summed E-state index contributed by atoms with van der Waals surface area (Å²) in [4.78, 5) is 0. The van der Waals surface area contributed by atoms with Crippen LogP contribution in [0, 0.1) is 0 Å². The Bertz CT molecular complexity index is 510. The molecule has 0 atom stereocenters.